The third kappa shape index (κ3) is 2.95. The van der Waals surface area contributed by atoms with Crippen LogP contribution in [-0.2, 0) is 10.0 Å². The van der Waals surface area contributed by atoms with Crippen LogP contribution < -0.4 is 10.0 Å². The van der Waals surface area contributed by atoms with Crippen molar-refractivity contribution in [3.8, 4) is 5.75 Å². The average molecular weight is 306 g/mol. The van der Waals surface area contributed by atoms with Crippen molar-refractivity contribution in [2.75, 3.05) is 16.6 Å². The molecule has 3 N–H and O–H groups in total. The van der Waals surface area contributed by atoms with Crippen LogP contribution in [0.1, 0.15) is 12.5 Å². The minimum absolute atomic E-state index is 0.0248. The predicted molar refractivity (Wildman–Crippen MR) is 83.9 cm³/mol. The third-order valence-corrected chi connectivity index (χ3v) is 5.08. The third-order valence-electron chi connectivity index (χ3n) is 3.19. The minimum Gasteiger partial charge on any atom is -0.508 e. The Morgan fingerprint density at radius 3 is 2.52 bits per heavy atom. The molecule has 2 aromatic rings. The zero-order valence-electron chi connectivity index (χ0n) is 11.9. The summed E-state index contributed by atoms with van der Waals surface area (Å²) < 4.78 is 26.8. The van der Waals surface area contributed by atoms with Gasteiger partial charge in [0.15, 0.2) is 0 Å². The van der Waals surface area contributed by atoms with Crippen molar-refractivity contribution in [3.05, 3.63) is 48.0 Å². The fraction of sp³-hybridized carbons (Fsp3) is 0.200. The summed E-state index contributed by atoms with van der Waals surface area (Å²) in [5.41, 5.74) is 7.28. The number of nitrogens with two attached hydrogens (primary N) is 1. The first-order chi connectivity index (χ1) is 9.86. The van der Waals surface area contributed by atoms with Crippen molar-refractivity contribution in [1.29, 1.82) is 0 Å². The molecule has 0 radical (unpaired) electrons. The molecule has 5 nitrogen and oxygen atoms in total. The molecule has 0 saturated heterocycles. The van der Waals surface area contributed by atoms with Gasteiger partial charge in [-0.2, -0.15) is 0 Å². The molecule has 21 heavy (non-hydrogen) atoms. The van der Waals surface area contributed by atoms with Gasteiger partial charge >= 0.3 is 0 Å². The van der Waals surface area contributed by atoms with Gasteiger partial charge in [0.2, 0.25) is 0 Å². The Balaban J connectivity index is 2.57. The van der Waals surface area contributed by atoms with Gasteiger partial charge < -0.3 is 10.8 Å². The Morgan fingerprint density at radius 1 is 1.19 bits per heavy atom. The zero-order chi connectivity index (χ0) is 15.6. The second kappa shape index (κ2) is 5.65. The molecule has 0 atom stereocenters. The lowest BCUT2D eigenvalue weighted by molar-refractivity contribution is 0.475. The van der Waals surface area contributed by atoms with Gasteiger partial charge in [-0.15, -0.1) is 0 Å². The van der Waals surface area contributed by atoms with Gasteiger partial charge in [-0.3, -0.25) is 4.31 Å². The van der Waals surface area contributed by atoms with E-state index in [1.54, 1.807) is 32.0 Å². The molecule has 0 unspecified atom stereocenters. The van der Waals surface area contributed by atoms with Crippen LogP contribution >= 0.6 is 0 Å². The molecule has 0 saturated carbocycles. The molecule has 0 aliphatic heterocycles. The number of aromatic hydroxyl groups is 1. The summed E-state index contributed by atoms with van der Waals surface area (Å²) in [7, 11) is -3.72. The largest absolute Gasteiger partial charge is 0.508 e. The number of phenolic OH excluding ortho intramolecular Hbond substituents is 1. The van der Waals surface area contributed by atoms with Gasteiger partial charge in [0.25, 0.3) is 10.0 Å². The van der Waals surface area contributed by atoms with E-state index in [1.807, 2.05) is 0 Å². The van der Waals surface area contributed by atoms with E-state index in [1.165, 1.54) is 28.6 Å². The number of phenols is 1. The normalized spacial score (nSPS) is 11.3. The van der Waals surface area contributed by atoms with E-state index < -0.39 is 10.0 Å². The monoisotopic (exact) mass is 306 g/mol. The van der Waals surface area contributed by atoms with E-state index in [2.05, 4.69) is 0 Å². The SMILES string of the molecule is CCN(c1cc(O)ccc1C)S(=O)(=O)c1cccc(N)c1. The lowest BCUT2D eigenvalue weighted by atomic mass is 10.2. The Kier molecular flexibility index (Phi) is 4.09. The Labute approximate surface area is 124 Å². The smallest absolute Gasteiger partial charge is 0.264 e. The Bertz CT molecular complexity index is 757. The molecule has 112 valence electrons. The number of rotatable bonds is 4. The van der Waals surface area contributed by atoms with E-state index in [4.69, 9.17) is 5.73 Å². The average Bonchev–Trinajstić information content (AvgIpc) is 2.43. The molecule has 0 fully saturated rings. The number of sulfonamides is 1. The standard InChI is InChI=1S/C15H18N2O3S/c1-3-17(15-10-13(18)8-7-11(15)2)21(19,20)14-6-4-5-12(16)9-14/h4-10,18H,3,16H2,1-2H3. The van der Waals surface area contributed by atoms with Gasteiger partial charge in [0, 0.05) is 18.3 Å². The maximum atomic E-state index is 12.8. The molecule has 0 spiro atoms. The Morgan fingerprint density at radius 2 is 1.90 bits per heavy atom. The Hall–Kier alpha value is -2.21. The van der Waals surface area contributed by atoms with Crippen LogP contribution in [0.4, 0.5) is 11.4 Å². The highest BCUT2D eigenvalue weighted by molar-refractivity contribution is 7.92. The molecule has 0 bridgehead atoms. The van der Waals surface area contributed by atoms with Crippen LogP contribution in [0.5, 0.6) is 5.75 Å². The number of benzene rings is 2. The number of nitrogens with zero attached hydrogens (tertiary/aromatic N) is 1. The summed E-state index contributed by atoms with van der Waals surface area (Å²) >= 11 is 0. The van der Waals surface area contributed by atoms with E-state index in [-0.39, 0.29) is 17.2 Å². The molecular formula is C15H18N2O3S. The van der Waals surface area contributed by atoms with Gasteiger partial charge in [0.1, 0.15) is 5.75 Å². The number of nitrogen functional groups attached to an aromatic ring is 1. The topological polar surface area (TPSA) is 83.6 Å². The summed E-state index contributed by atoms with van der Waals surface area (Å²) in [6.45, 7) is 3.79. The lowest BCUT2D eigenvalue weighted by Gasteiger charge is -2.24. The molecule has 0 amide bonds. The summed E-state index contributed by atoms with van der Waals surface area (Å²) in [5, 5.41) is 9.62. The predicted octanol–water partition coefficient (Wildman–Crippen LogP) is 2.50. The number of hydrogen-bond acceptors (Lipinski definition) is 4. The highest BCUT2D eigenvalue weighted by Gasteiger charge is 2.25. The van der Waals surface area contributed by atoms with Crippen molar-refractivity contribution in [1.82, 2.24) is 0 Å². The molecular weight excluding hydrogens is 288 g/mol. The second-order valence-electron chi connectivity index (χ2n) is 4.71. The minimum atomic E-state index is -3.72. The van der Waals surface area contributed by atoms with Gasteiger partial charge in [-0.05, 0) is 43.7 Å². The van der Waals surface area contributed by atoms with E-state index in [0.29, 0.717) is 11.4 Å². The number of aryl methyl sites for hydroxylation is 1. The van der Waals surface area contributed by atoms with Crippen LogP contribution in [0.25, 0.3) is 0 Å². The van der Waals surface area contributed by atoms with Gasteiger partial charge in [-0.1, -0.05) is 12.1 Å². The molecule has 0 aromatic heterocycles. The van der Waals surface area contributed by atoms with Crippen molar-refractivity contribution in [2.24, 2.45) is 0 Å². The fourth-order valence-electron chi connectivity index (χ4n) is 2.14. The summed E-state index contributed by atoms with van der Waals surface area (Å²) in [6, 6.07) is 10.8. The maximum Gasteiger partial charge on any atom is 0.264 e. The first kappa shape index (κ1) is 15.2. The summed E-state index contributed by atoms with van der Waals surface area (Å²) in [6.07, 6.45) is 0. The van der Waals surface area contributed by atoms with Crippen LogP contribution in [0.15, 0.2) is 47.4 Å². The highest BCUT2D eigenvalue weighted by atomic mass is 32.2. The molecule has 0 aliphatic carbocycles. The van der Waals surface area contributed by atoms with Crippen LogP contribution in [0.3, 0.4) is 0 Å². The van der Waals surface area contributed by atoms with Crippen molar-refractivity contribution in [2.45, 2.75) is 18.7 Å². The fourth-order valence-corrected chi connectivity index (χ4v) is 3.72. The van der Waals surface area contributed by atoms with E-state index >= 15 is 0 Å². The highest BCUT2D eigenvalue weighted by Crippen LogP contribution is 2.30. The van der Waals surface area contributed by atoms with Crippen molar-refractivity contribution in [3.63, 3.8) is 0 Å². The van der Waals surface area contributed by atoms with Gasteiger partial charge in [0.05, 0.1) is 10.6 Å². The van der Waals surface area contributed by atoms with Gasteiger partial charge in [-0.25, -0.2) is 8.42 Å². The van der Waals surface area contributed by atoms with E-state index in [9.17, 15) is 13.5 Å². The lowest BCUT2D eigenvalue weighted by Crippen LogP contribution is -2.31. The summed E-state index contributed by atoms with van der Waals surface area (Å²) in [5.74, 6) is 0.0248. The zero-order valence-corrected chi connectivity index (χ0v) is 12.8. The maximum absolute atomic E-state index is 12.8. The number of hydrogen-bond donors (Lipinski definition) is 2. The summed E-state index contributed by atoms with van der Waals surface area (Å²) in [4.78, 5) is 0.132. The molecule has 2 aromatic carbocycles. The second-order valence-corrected chi connectivity index (χ2v) is 6.58. The molecule has 2 rings (SSSR count). The number of anilines is 2. The van der Waals surface area contributed by atoms with Crippen LogP contribution in [0.2, 0.25) is 0 Å². The molecule has 0 aliphatic rings. The molecule has 6 heteroatoms. The van der Waals surface area contributed by atoms with Crippen LogP contribution in [-0.4, -0.2) is 20.1 Å². The molecule has 0 heterocycles. The van der Waals surface area contributed by atoms with Crippen molar-refractivity contribution >= 4 is 21.4 Å². The first-order valence-corrected chi connectivity index (χ1v) is 7.98. The van der Waals surface area contributed by atoms with E-state index in [0.717, 1.165) is 5.56 Å². The van der Waals surface area contributed by atoms with Crippen LogP contribution in [0, 0.1) is 6.92 Å². The first-order valence-electron chi connectivity index (χ1n) is 6.54. The quantitative estimate of drug-likeness (QED) is 0.850. The van der Waals surface area contributed by atoms with Crippen molar-refractivity contribution < 1.29 is 13.5 Å².